The van der Waals surface area contributed by atoms with Gasteiger partial charge in [0.2, 0.25) is 5.91 Å². The van der Waals surface area contributed by atoms with Crippen molar-refractivity contribution in [2.75, 3.05) is 13.2 Å². The van der Waals surface area contributed by atoms with Crippen LogP contribution in [0.5, 0.6) is 5.75 Å². The summed E-state index contributed by atoms with van der Waals surface area (Å²) in [7, 11) is 0. The van der Waals surface area contributed by atoms with Crippen LogP contribution in [0.25, 0.3) is 0 Å². The van der Waals surface area contributed by atoms with Crippen LogP contribution in [0.15, 0.2) is 54.6 Å². The quantitative estimate of drug-likeness (QED) is 0.614. The van der Waals surface area contributed by atoms with Crippen molar-refractivity contribution in [1.29, 1.82) is 0 Å². The molecule has 0 spiro atoms. The van der Waals surface area contributed by atoms with Gasteiger partial charge < -0.3 is 19.9 Å². The average molecular weight is 385 g/mol. The maximum absolute atomic E-state index is 12.0. The van der Waals surface area contributed by atoms with E-state index in [4.69, 9.17) is 9.47 Å². The molecular formula is C22H27NO5. The van der Waals surface area contributed by atoms with Crippen molar-refractivity contribution in [2.24, 2.45) is 5.92 Å². The number of aliphatic hydroxyl groups is 1. The molecule has 0 bridgehead atoms. The highest BCUT2D eigenvalue weighted by Gasteiger charge is 2.17. The first-order valence-corrected chi connectivity index (χ1v) is 9.31. The van der Waals surface area contributed by atoms with Crippen molar-refractivity contribution in [3.63, 3.8) is 0 Å². The highest BCUT2D eigenvalue weighted by atomic mass is 16.5. The third kappa shape index (κ3) is 7.80. The molecule has 0 saturated carbocycles. The van der Waals surface area contributed by atoms with Gasteiger partial charge in [0, 0.05) is 0 Å². The predicted octanol–water partition coefficient (Wildman–Crippen LogP) is 2.48. The molecule has 0 aliphatic heterocycles. The smallest absolute Gasteiger partial charge is 0.337 e. The molecule has 0 saturated heterocycles. The maximum atomic E-state index is 12.0. The van der Waals surface area contributed by atoms with E-state index >= 15 is 0 Å². The monoisotopic (exact) mass is 385 g/mol. The minimum atomic E-state index is -1.40. The second kappa shape index (κ2) is 11.1. The molecular weight excluding hydrogens is 358 g/mol. The Balaban J connectivity index is 1.70. The Labute approximate surface area is 165 Å². The Bertz CT molecular complexity index is 743. The molecule has 0 radical (unpaired) electrons. The average Bonchev–Trinajstić information content (AvgIpc) is 2.70. The number of carbonyl (C=O) groups excluding carboxylic acids is 2. The normalized spacial score (nSPS) is 11.7. The highest BCUT2D eigenvalue weighted by molar-refractivity contribution is 5.80. The van der Waals surface area contributed by atoms with Crippen LogP contribution in [0.4, 0.5) is 0 Å². The molecule has 1 amide bonds. The first kappa shape index (κ1) is 21.4. The molecule has 0 unspecified atom stereocenters. The molecule has 2 N–H and O–H groups in total. The third-order valence-electron chi connectivity index (χ3n) is 3.86. The number of benzene rings is 2. The van der Waals surface area contributed by atoms with Gasteiger partial charge in [-0.2, -0.15) is 0 Å². The standard InChI is InChI=1S/C22H27NO5/c1-16(2)14-27-19-10-8-17(9-11-19)12-21(25)23-13-20(24)22(26)28-15-18-6-4-3-5-7-18/h3-11,16,20,24H,12-15H2,1-2H3,(H,23,25)/t20-/m1/s1. The van der Waals surface area contributed by atoms with Crippen LogP contribution in [0.3, 0.4) is 0 Å². The van der Waals surface area contributed by atoms with Gasteiger partial charge in [0.15, 0.2) is 6.10 Å². The van der Waals surface area contributed by atoms with Crippen molar-refractivity contribution < 1.29 is 24.2 Å². The van der Waals surface area contributed by atoms with Gasteiger partial charge in [0.25, 0.3) is 0 Å². The van der Waals surface area contributed by atoms with Gasteiger partial charge in [-0.05, 0) is 29.2 Å². The Hall–Kier alpha value is -2.86. The molecule has 6 nitrogen and oxygen atoms in total. The highest BCUT2D eigenvalue weighted by Crippen LogP contribution is 2.13. The fourth-order valence-corrected chi connectivity index (χ4v) is 2.33. The van der Waals surface area contributed by atoms with E-state index in [0.29, 0.717) is 12.5 Å². The number of aliphatic hydroxyl groups excluding tert-OH is 1. The molecule has 150 valence electrons. The van der Waals surface area contributed by atoms with Gasteiger partial charge in [0.1, 0.15) is 12.4 Å². The summed E-state index contributed by atoms with van der Waals surface area (Å²) in [6.45, 7) is 4.67. The lowest BCUT2D eigenvalue weighted by Gasteiger charge is -2.12. The summed E-state index contributed by atoms with van der Waals surface area (Å²) >= 11 is 0. The molecule has 1 atom stereocenters. The number of carbonyl (C=O) groups is 2. The van der Waals surface area contributed by atoms with E-state index in [0.717, 1.165) is 16.9 Å². The van der Waals surface area contributed by atoms with Crippen LogP contribution in [0, 0.1) is 5.92 Å². The lowest BCUT2D eigenvalue weighted by molar-refractivity contribution is -0.154. The summed E-state index contributed by atoms with van der Waals surface area (Å²) in [5.41, 5.74) is 1.64. The van der Waals surface area contributed by atoms with Gasteiger partial charge >= 0.3 is 5.97 Å². The summed E-state index contributed by atoms with van der Waals surface area (Å²) in [6, 6.07) is 16.5. The zero-order chi connectivity index (χ0) is 20.4. The summed E-state index contributed by atoms with van der Waals surface area (Å²) in [5.74, 6) is 0.146. The molecule has 2 aromatic carbocycles. The van der Waals surface area contributed by atoms with E-state index in [1.807, 2.05) is 54.6 Å². The number of hydrogen-bond donors (Lipinski definition) is 2. The minimum absolute atomic E-state index is 0.0793. The molecule has 2 rings (SSSR count). The minimum Gasteiger partial charge on any atom is -0.493 e. The Morgan fingerprint density at radius 1 is 1.00 bits per heavy atom. The van der Waals surface area contributed by atoms with E-state index in [-0.39, 0.29) is 25.5 Å². The maximum Gasteiger partial charge on any atom is 0.337 e. The molecule has 0 aliphatic rings. The van der Waals surface area contributed by atoms with Crippen molar-refractivity contribution in [3.05, 3.63) is 65.7 Å². The lowest BCUT2D eigenvalue weighted by Crippen LogP contribution is -2.38. The van der Waals surface area contributed by atoms with Crippen LogP contribution < -0.4 is 10.1 Å². The van der Waals surface area contributed by atoms with Crippen LogP contribution >= 0.6 is 0 Å². The second-order valence-electron chi connectivity index (χ2n) is 6.94. The topological polar surface area (TPSA) is 84.9 Å². The van der Waals surface area contributed by atoms with Crippen LogP contribution in [-0.4, -0.2) is 36.2 Å². The van der Waals surface area contributed by atoms with Gasteiger partial charge in [0.05, 0.1) is 19.6 Å². The summed E-state index contributed by atoms with van der Waals surface area (Å²) < 4.78 is 10.6. The van der Waals surface area contributed by atoms with E-state index in [2.05, 4.69) is 19.2 Å². The van der Waals surface area contributed by atoms with Crippen molar-refractivity contribution in [1.82, 2.24) is 5.32 Å². The van der Waals surface area contributed by atoms with Gasteiger partial charge in [-0.3, -0.25) is 4.79 Å². The fourth-order valence-electron chi connectivity index (χ4n) is 2.33. The number of nitrogens with one attached hydrogen (secondary N) is 1. The van der Waals surface area contributed by atoms with E-state index < -0.39 is 12.1 Å². The molecule has 2 aromatic rings. The number of amides is 1. The van der Waals surface area contributed by atoms with Gasteiger partial charge in [-0.1, -0.05) is 56.3 Å². The first-order valence-electron chi connectivity index (χ1n) is 9.31. The first-order chi connectivity index (χ1) is 13.4. The van der Waals surface area contributed by atoms with E-state index in [1.54, 1.807) is 0 Å². The fraction of sp³-hybridized carbons (Fsp3) is 0.364. The second-order valence-corrected chi connectivity index (χ2v) is 6.94. The molecule has 0 heterocycles. The number of esters is 1. The van der Waals surface area contributed by atoms with Crippen molar-refractivity contribution in [2.45, 2.75) is 33.0 Å². The molecule has 28 heavy (non-hydrogen) atoms. The lowest BCUT2D eigenvalue weighted by atomic mass is 10.1. The number of hydrogen-bond acceptors (Lipinski definition) is 5. The largest absolute Gasteiger partial charge is 0.493 e. The Morgan fingerprint density at radius 3 is 2.32 bits per heavy atom. The molecule has 0 fully saturated rings. The molecule has 6 heteroatoms. The predicted molar refractivity (Wildman–Crippen MR) is 106 cm³/mol. The van der Waals surface area contributed by atoms with Crippen molar-refractivity contribution in [3.8, 4) is 5.75 Å². The zero-order valence-corrected chi connectivity index (χ0v) is 16.3. The van der Waals surface area contributed by atoms with E-state index in [9.17, 15) is 14.7 Å². The SMILES string of the molecule is CC(C)COc1ccc(CC(=O)NC[C@@H](O)C(=O)OCc2ccccc2)cc1. The number of ether oxygens (including phenoxy) is 2. The Morgan fingerprint density at radius 2 is 1.68 bits per heavy atom. The van der Waals surface area contributed by atoms with Gasteiger partial charge in [-0.15, -0.1) is 0 Å². The third-order valence-corrected chi connectivity index (χ3v) is 3.86. The van der Waals surface area contributed by atoms with Crippen molar-refractivity contribution >= 4 is 11.9 Å². The van der Waals surface area contributed by atoms with Gasteiger partial charge in [-0.25, -0.2) is 4.79 Å². The zero-order valence-electron chi connectivity index (χ0n) is 16.3. The van der Waals surface area contributed by atoms with Crippen LogP contribution in [0.2, 0.25) is 0 Å². The van der Waals surface area contributed by atoms with E-state index in [1.165, 1.54) is 0 Å². The molecule has 0 aliphatic carbocycles. The molecule has 0 aromatic heterocycles. The Kier molecular flexibility index (Phi) is 8.49. The van der Waals surface area contributed by atoms with Crippen LogP contribution in [0.1, 0.15) is 25.0 Å². The summed E-state index contributed by atoms with van der Waals surface area (Å²) in [4.78, 5) is 23.8. The van der Waals surface area contributed by atoms with Crippen LogP contribution in [-0.2, 0) is 27.4 Å². The number of rotatable bonds is 10. The summed E-state index contributed by atoms with van der Waals surface area (Å²) in [5, 5.41) is 12.4. The summed E-state index contributed by atoms with van der Waals surface area (Å²) in [6.07, 6.45) is -1.25.